The van der Waals surface area contributed by atoms with Crippen LogP contribution < -0.4 is 5.32 Å². The van der Waals surface area contributed by atoms with Gasteiger partial charge in [-0.1, -0.05) is 0 Å². The van der Waals surface area contributed by atoms with Crippen LogP contribution in [0.25, 0.3) is 0 Å². The largest absolute Gasteiger partial charge is 0.463 e. The number of esters is 1. The third kappa shape index (κ3) is 5.20. The molecule has 0 aliphatic carbocycles. The van der Waals surface area contributed by atoms with Crippen LogP contribution >= 0.6 is 0 Å². The summed E-state index contributed by atoms with van der Waals surface area (Å²) in [4.78, 5) is 20.9. The Morgan fingerprint density at radius 1 is 1.36 bits per heavy atom. The van der Waals surface area contributed by atoms with E-state index >= 15 is 0 Å². The number of hydrogen-bond acceptors (Lipinski definition) is 4. The second-order valence-corrected chi connectivity index (χ2v) is 1.63. The van der Waals surface area contributed by atoms with Gasteiger partial charge in [-0.25, -0.2) is 9.59 Å². The van der Waals surface area contributed by atoms with Crippen LogP contribution in [0.3, 0.4) is 0 Å². The quantitative estimate of drug-likeness (QED) is 0.587. The van der Waals surface area contributed by atoms with Gasteiger partial charge in [0.1, 0.15) is 0 Å². The summed E-state index contributed by atoms with van der Waals surface area (Å²) in [6, 6.07) is 0. The Morgan fingerprint density at radius 3 is 2.45 bits per heavy atom. The van der Waals surface area contributed by atoms with E-state index in [0.29, 0.717) is 0 Å². The van der Waals surface area contributed by atoms with Crippen LogP contribution in [-0.2, 0) is 14.3 Å². The molecule has 11 heavy (non-hydrogen) atoms. The van der Waals surface area contributed by atoms with Crippen molar-refractivity contribution >= 4 is 12.1 Å². The van der Waals surface area contributed by atoms with Crippen LogP contribution in [-0.4, -0.2) is 32.3 Å². The molecule has 1 amide bonds. The monoisotopic (exact) mass is 161 g/mol. The molecule has 5 heteroatoms. The number of nitrogens with one attached hydrogen (secondary N) is 1. The maximum atomic E-state index is 10.5. The molecule has 0 unspecified atom stereocenters. The van der Waals surface area contributed by atoms with E-state index in [9.17, 15) is 9.59 Å². The molecule has 0 spiro atoms. The maximum Gasteiger partial charge on any atom is 0.407 e. The molecular weight excluding hydrogens is 150 g/mol. The number of ether oxygens (including phenoxy) is 2. The molecule has 0 atom stereocenters. The molecule has 0 aromatic rings. The second kappa shape index (κ2) is 5.52. The van der Waals surface area contributed by atoms with Crippen molar-refractivity contribution in [2.75, 3.05) is 20.3 Å². The Hall–Kier alpha value is -1.26. The summed E-state index contributed by atoms with van der Waals surface area (Å²) in [5.41, 5.74) is 0. The minimum absolute atomic E-state index is 0.288. The summed E-state index contributed by atoms with van der Waals surface area (Å²) in [5, 5.41) is 2.19. The average Bonchev–Trinajstić information content (AvgIpc) is 2.01. The minimum atomic E-state index is -0.641. The smallest absolute Gasteiger partial charge is 0.407 e. The van der Waals surface area contributed by atoms with E-state index in [2.05, 4.69) is 14.8 Å². The zero-order chi connectivity index (χ0) is 8.69. The van der Waals surface area contributed by atoms with Crippen LogP contribution in [0.15, 0.2) is 0 Å². The lowest BCUT2D eigenvalue weighted by Crippen LogP contribution is -2.23. The molecule has 0 radical (unpaired) electrons. The third-order valence-electron chi connectivity index (χ3n) is 0.831. The number of carbonyl (C=O) groups is 2. The van der Waals surface area contributed by atoms with E-state index in [4.69, 9.17) is 0 Å². The lowest BCUT2D eigenvalue weighted by atomic mass is 10.7. The van der Waals surface area contributed by atoms with Gasteiger partial charge in [0.25, 0.3) is 0 Å². The number of hydrogen-bond donors (Lipinski definition) is 1. The highest BCUT2D eigenvalue weighted by Gasteiger charge is 2.04. The molecule has 0 aromatic heterocycles. The van der Waals surface area contributed by atoms with Crippen molar-refractivity contribution < 1.29 is 19.1 Å². The van der Waals surface area contributed by atoms with Crippen molar-refractivity contribution in [2.24, 2.45) is 0 Å². The molecule has 64 valence electrons. The second-order valence-electron chi connectivity index (χ2n) is 1.63. The van der Waals surface area contributed by atoms with Gasteiger partial charge in [0.05, 0.1) is 6.61 Å². The summed E-state index contributed by atoms with van der Waals surface area (Å²) in [7, 11) is 1.41. The van der Waals surface area contributed by atoms with Crippen molar-refractivity contribution in [3.8, 4) is 0 Å². The summed E-state index contributed by atoms with van der Waals surface area (Å²) < 4.78 is 8.87. The Balaban J connectivity index is 3.38. The molecule has 0 bridgehead atoms. The topological polar surface area (TPSA) is 64.6 Å². The molecule has 0 aliphatic rings. The molecule has 0 saturated heterocycles. The van der Waals surface area contributed by atoms with Crippen molar-refractivity contribution in [1.82, 2.24) is 5.32 Å². The van der Waals surface area contributed by atoms with Crippen LogP contribution in [0.5, 0.6) is 0 Å². The lowest BCUT2D eigenvalue weighted by molar-refractivity contribution is -0.146. The van der Waals surface area contributed by atoms with Crippen LogP contribution in [0, 0.1) is 0 Å². The first-order valence-corrected chi connectivity index (χ1v) is 3.20. The van der Waals surface area contributed by atoms with Gasteiger partial charge >= 0.3 is 12.1 Å². The van der Waals surface area contributed by atoms with Crippen LogP contribution in [0.1, 0.15) is 6.92 Å². The van der Waals surface area contributed by atoms with Gasteiger partial charge in [-0.2, -0.15) is 0 Å². The molecular formula is C6H11NO4. The van der Waals surface area contributed by atoms with Crippen molar-refractivity contribution in [1.29, 1.82) is 0 Å². The molecule has 0 rings (SSSR count). The maximum absolute atomic E-state index is 10.5. The molecule has 1 N–H and O–H groups in total. The van der Waals surface area contributed by atoms with Crippen LogP contribution in [0.2, 0.25) is 0 Å². The predicted octanol–water partition coefficient (Wildman–Crippen LogP) is -0.0945. The fraction of sp³-hybridized carbons (Fsp3) is 0.667. The Morgan fingerprint density at radius 2 is 2.00 bits per heavy atom. The van der Waals surface area contributed by atoms with Gasteiger partial charge in [-0.15, -0.1) is 0 Å². The molecule has 0 saturated carbocycles. The Kier molecular flexibility index (Phi) is 4.89. The Bertz CT molecular complexity index is 146. The van der Waals surface area contributed by atoms with E-state index < -0.39 is 12.1 Å². The fourth-order valence-electron chi connectivity index (χ4n) is 0.399. The van der Waals surface area contributed by atoms with Crippen molar-refractivity contribution in [2.45, 2.75) is 6.92 Å². The van der Waals surface area contributed by atoms with Crippen LogP contribution in [0.4, 0.5) is 4.79 Å². The van der Waals surface area contributed by atoms with Crippen molar-refractivity contribution in [3.05, 3.63) is 0 Å². The molecule has 0 aliphatic heterocycles. The highest BCUT2D eigenvalue weighted by atomic mass is 16.6. The number of alkyl carbamates (subject to hydrolysis) is 1. The number of amides is 1. The van der Waals surface area contributed by atoms with Gasteiger partial charge in [-0.3, -0.25) is 0 Å². The zero-order valence-corrected chi connectivity index (χ0v) is 6.55. The lowest BCUT2D eigenvalue weighted by Gasteiger charge is -2.02. The van der Waals surface area contributed by atoms with E-state index in [0.717, 1.165) is 0 Å². The molecule has 0 aromatic carbocycles. The zero-order valence-electron chi connectivity index (χ0n) is 6.55. The van der Waals surface area contributed by atoms with E-state index in [-0.39, 0.29) is 13.2 Å². The van der Waals surface area contributed by atoms with Gasteiger partial charge in [0.15, 0.2) is 6.61 Å². The van der Waals surface area contributed by atoms with E-state index in [1.54, 1.807) is 6.92 Å². The van der Waals surface area contributed by atoms with Gasteiger partial charge in [0, 0.05) is 7.05 Å². The number of rotatable bonds is 3. The minimum Gasteiger partial charge on any atom is -0.463 e. The van der Waals surface area contributed by atoms with Gasteiger partial charge in [-0.05, 0) is 6.92 Å². The van der Waals surface area contributed by atoms with E-state index in [1.165, 1.54) is 7.05 Å². The van der Waals surface area contributed by atoms with E-state index in [1.807, 2.05) is 0 Å². The van der Waals surface area contributed by atoms with Gasteiger partial charge < -0.3 is 14.8 Å². The van der Waals surface area contributed by atoms with Crippen molar-refractivity contribution in [3.63, 3.8) is 0 Å². The van der Waals surface area contributed by atoms with Gasteiger partial charge in [0.2, 0.25) is 0 Å². The number of carbonyl (C=O) groups excluding carboxylic acids is 2. The summed E-state index contributed by atoms with van der Waals surface area (Å²) >= 11 is 0. The first-order chi connectivity index (χ1) is 5.20. The average molecular weight is 161 g/mol. The molecule has 0 heterocycles. The highest BCUT2D eigenvalue weighted by Crippen LogP contribution is 1.81. The highest BCUT2D eigenvalue weighted by molar-refractivity contribution is 5.75. The third-order valence-corrected chi connectivity index (χ3v) is 0.831. The standard InChI is InChI=1S/C6H11NO4/c1-3-10-5(8)4-11-6(9)7-2/h3-4H2,1-2H3,(H,7,9). The predicted molar refractivity (Wildman–Crippen MR) is 37.0 cm³/mol. The fourth-order valence-corrected chi connectivity index (χ4v) is 0.399. The SMILES string of the molecule is CCOC(=O)COC(=O)NC. The summed E-state index contributed by atoms with van der Waals surface area (Å²) in [6.45, 7) is 1.63. The Labute approximate surface area is 64.7 Å². The first kappa shape index (κ1) is 9.74. The molecule has 5 nitrogen and oxygen atoms in total. The summed E-state index contributed by atoms with van der Waals surface area (Å²) in [5.74, 6) is -0.545. The summed E-state index contributed by atoms with van der Waals surface area (Å²) in [6.07, 6.45) is -0.641. The molecule has 0 fully saturated rings. The normalized spacial score (nSPS) is 8.55. The first-order valence-electron chi connectivity index (χ1n) is 3.20.